The monoisotopic (exact) mass is 289 g/mol. The number of hydrogen-bond donors (Lipinski definition) is 1. The molecule has 0 radical (unpaired) electrons. The van der Waals surface area contributed by atoms with Crippen molar-refractivity contribution in [3.63, 3.8) is 0 Å². The highest BCUT2D eigenvalue weighted by Crippen LogP contribution is 2.24. The van der Waals surface area contributed by atoms with Crippen LogP contribution in [0.15, 0.2) is 60.9 Å². The molecule has 0 aliphatic heterocycles. The SMILES string of the molecule is Cn1ccc2cc(C(=O)n3ccc4c(N)cccc43)ccc21. The average molecular weight is 289 g/mol. The van der Waals surface area contributed by atoms with Gasteiger partial charge in [0, 0.05) is 47.0 Å². The molecule has 2 aromatic carbocycles. The van der Waals surface area contributed by atoms with Crippen LogP contribution in [0.1, 0.15) is 10.4 Å². The number of carbonyl (C=O) groups is 1. The summed E-state index contributed by atoms with van der Waals surface area (Å²) < 4.78 is 3.69. The molecular weight excluding hydrogens is 274 g/mol. The summed E-state index contributed by atoms with van der Waals surface area (Å²) in [7, 11) is 1.99. The Morgan fingerprint density at radius 3 is 2.73 bits per heavy atom. The fourth-order valence-corrected chi connectivity index (χ4v) is 2.92. The van der Waals surface area contributed by atoms with Gasteiger partial charge in [-0.2, -0.15) is 0 Å². The van der Waals surface area contributed by atoms with E-state index in [4.69, 9.17) is 5.73 Å². The topological polar surface area (TPSA) is 53.0 Å². The Hall–Kier alpha value is -3.01. The summed E-state index contributed by atoms with van der Waals surface area (Å²) in [6.45, 7) is 0. The first kappa shape index (κ1) is 12.7. The molecule has 108 valence electrons. The van der Waals surface area contributed by atoms with E-state index in [1.54, 1.807) is 10.8 Å². The summed E-state index contributed by atoms with van der Waals surface area (Å²) in [5, 5.41) is 1.96. The highest BCUT2D eigenvalue weighted by Gasteiger charge is 2.13. The van der Waals surface area contributed by atoms with Crippen LogP contribution in [0.4, 0.5) is 5.69 Å². The van der Waals surface area contributed by atoms with Gasteiger partial charge in [-0.05, 0) is 42.5 Å². The van der Waals surface area contributed by atoms with Crippen LogP contribution in [-0.2, 0) is 7.05 Å². The number of hydrogen-bond acceptors (Lipinski definition) is 2. The van der Waals surface area contributed by atoms with E-state index in [0.717, 1.165) is 21.8 Å². The third-order valence-electron chi connectivity index (χ3n) is 4.12. The lowest BCUT2D eigenvalue weighted by Crippen LogP contribution is -2.10. The lowest BCUT2D eigenvalue weighted by molar-refractivity contribution is 0.0965. The Morgan fingerprint density at radius 1 is 1.00 bits per heavy atom. The zero-order chi connectivity index (χ0) is 15.3. The minimum absolute atomic E-state index is 0.0497. The number of nitrogen functional groups attached to an aromatic ring is 1. The van der Waals surface area contributed by atoms with E-state index in [0.29, 0.717) is 11.3 Å². The van der Waals surface area contributed by atoms with E-state index in [2.05, 4.69) is 0 Å². The molecule has 0 atom stereocenters. The van der Waals surface area contributed by atoms with Gasteiger partial charge in [0.15, 0.2) is 0 Å². The van der Waals surface area contributed by atoms with Crippen LogP contribution in [-0.4, -0.2) is 15.0 Å². The van der Waals surface area contributed by atoms with Crippen molar-refractivity contribution in [2.45, 2.75) is 0 Å². The number of fused-ring (bicyclic) bond motifs is 2. The molecule has 4 rings (SSSR count). The molecule has 4 heteroatoms. The highest BCUT2D eigenvalue weighted by molar-refractivity contribution is 6.05. The Labute approximate surface area is 127 Å². The molecule has 0 spiro atoms. The third kappa shape index (κ3) is 1.74. The standard InChI is InChI=1S/C18H15N3O/c1-20-9-7-12-11-13(5-6-16(12)20)18(22)21-10-8-14-15(19)3-2-4-17(14)21/h2-11H,19H2,1H3. The normalized spacial score (nSPS) is 11.3. The van der Waals surface area contributed by atoms with Gasteiger partial charge in [-0.25, -0.2) is 0 Å². The van der Waals surface area contributed by atoms with Crippen molar-refractivity contribution in [1.82, 2.24) is 9.13 Å². The van der Waals surface area contributed by atoms with E-state index >= 15 is 0 Å². The van der Waals surface area contributed by atoms with E-state index in [-0.39, 0.29) is 5.91 Å². The van der Waals surface area contributed by atoms with Crippen molar-refractivity contribution in [3.8, 4) is 0 Å². The van der Waals surface area contributed by atoms with Crippen molar-refractivity contribution >= 4 is 33.4 Å². The number of rotatable bonds is 1. The highest BCUT2D eigenvalue weighted by atomic mass is 16.2. The van der Waals surface area contributed by atoms with Gasteiger partial charge in [-0.15, -0.1) is 0 Å². The lowest BCUT2D eigenvalue weighted by Gasteiger charge is -2.06. The van der Waals surface area contributed by atoms with E-state index in [1.165, 1.54) is 0 Å². The second kappa shape index (κ2) is 4.49. The predicted octanol–water partition coefficient (Wildman–Crippen LogP) is 3.40. The maximum Gasteiger partial charge on any atom is 0.262 e. The van der Waals surface area contributed by atoms with E-state index in [1.807, 2.05) is 66.3 Å². The summed E-state index contributed by atoms with van der Waals surface area (Å²) in [4.78, 5) is 12.8. The molecule has 0 fully saturated rings. The first-order valence-corrected chi connectivity index (χ1v) is 7.10. The summed E-state index contributed by atoms with van der Waals surface area (Å²) in [6, 6.07) is 15.3. The first-order valence-electron chi connectivity index (χ1n) is 7.10. The molecule has 2 aromatic heterocycles. The Kier molecular flexibility index (Phi) is 2.60. The molecule has 0 aliphatic carbocycles. The van der Waals surface area contributed by atoms with Crippen molar-refractivity contribution in [2.24, 2.45) is 7.05 Å². The van der Waals surface area contributed by atoms with Crippen LogP contribution < -0.4 is 5.73 Å². The van der Waals surface area contributed by atoms with Gasteiger partial charge in [0.25, 0.3) is 5.91 Å². The second-order valence-electron chi connectivity index (χ2n) is 5.47. The lowest BCUT2D eigenvalue weighted by atomic mass is 10.1. The fourth-order valence-electron chi connectivity index (χ4n) is 2.92. The fraction of sp³-hybridized carbons (Fsp3) is 0.0556. The van der Waals surface area contributed by atoms with Crippen LogP contribution in [0.2, 0.25) is 0 Å². The van der Waals surface area contributed by atoms with E-state index < -0.39 is 0 Å². The molecule has 0 unspecified atom stereocenters. The predicted molar refractivity (Wildman–Crippen MR) is 89.0 cm³/mol. The maximum absolute atomic E-state index is 12.8. The summed E-state index contributed by atoms with van der Waals surface area (Å²) >= 11 is 0. The van der Waals surface area contributed by atoms with Crippen LogP contribution in [0.25, 0.3) is 21.8 Å². The molecule has 4 nitrogen and oxygen atoms in total. The Balaban J connectivity index is 1.86. The minimum atomic E-state index is -0.0497. The number of benzene rings is 2. The molecule has 0 bridgehead atoms. The van der Waals surface area contributed by atoms with Crippen LogP contribution in [0.3, 0.4) is 0 Å². The molecule has 2 heterocycles. The number of aryl methyl sites for hydroxylation is 1. The molecule has 4 aromatic rings. The van der Waals surface area contributed by atoms with Crippen molar-refractivity contribution in [2.75, 3.05) is 5.73 Å². The van der Waals surface area contributed by atoms with Crippen molar-refractivity contribution in [3.05, 3.63) is 66.5 Å². The van der Waals surface area contributed by atoms with Gasteiger partial charge in [0.2, 0.25) is 0 Å². The molecule has 0 amide bonds. The van der Waals surface area contributed by atoms with Gasteiger partial charge in [-0.3, -0.25) is 9.36 Å². The van der Waals surface area contributed by atoms with Gasteiger partial charge < -0.3 is 10.3 Å². The van der Waals surface area contributed by atoms with Crippen molar-refractivity contribution in [1.29, 1.82) is 0 Å². The number of carbonyl (C=O) groups excluding carboxylic acids is 1. The summed E-state index contributed by atoms with van der Waals surface area (Å²) in [5.74, 6) is -0.0497. The molecule has 0 saturated heterocycles. The van der Waals surface area contributed by atoms with Crippen LogP contribution in [0, 0.1) is 0 Å². The molecular formula is C18H15N3O. The molecule has 22 heavy (non-hydrogen) atoms. The van der Waals surface area contributed by atoms with Gasteiger partial charge in [-0.1, -0.05) is 6.07 Å². The molecule has 0 saturated carbocycles. The average Bonchev–Trinajstić information content (AvgIpc) is 3.11. The first-order chi connectivity index (χ1) is 10.6. The summed E-state index contributed by atoms with van der Waals surface area (Å²) in [6.07, 6.45) is 3.77. The summed E-state index contributed by atoms with van der Waals surface area (Å²) in [5.41, 5.74) is 9.25. The van der Waals surface area contributed by atoms with Gasteiger partial charge in [0.05, 0.1) is 5.52 Å². The Bertz CT molecular complexity index is 1020. The maximum atomic E-state index is 12.8. The van der Waals surface area contributed by atoms with Crippen LogP contribution in [0.5, 0.6) is 0 Å². The zero-order valence-electron chi connectivity index (χ0n) is 12.2. The number of nitrogens with zero attached hydrogens (tertiary/aromatic N) is 2. The van der Waals surface area contributed by atoms with Gasteiger partial charge >= 0.3 is 0 Å². The van der Waals surface area contributed by atoms with Crippen molar-refractivity contribution < 1.29 is 4.79 Å². The van der Waals surface area contributed by atoms with E-state index in [9.17, 15) is 4.79 Å². The Morgan fingerprint density at radius 2 is 1.86 bits per heavy atom. The van der Waals surface area contributed by atoms with Gasteiger partial charge in [0.1, 0.15) is 0 Å². The quantitative estimate of drug-likeness (QED) is 0.546. The van der Waals surface area contributed by atoms with Crippen LogP contribution >= 0.6 is 0 Å². The minimum Gasteiger partial charge on any atom is -0.398 e. The third-order valence-corrected chi connectivity index (χ3v) is 4.12. The zero-order valence-corrected chi connectivity index (χ0v) is 12.2. The number of aromatic nitrogens is 2. The molecule has 0 aliphatic rings. The number of nitrogens with two attached hydrogens (primary N) is 1. The number of anilines is 1. The molecule has 2 N–H and O–H groups in total. The largest absolute Gasteiger partial charge is 0.398 e. The smallest absolute Gasteiger partial charge is 0.262 e. The second-order valence-corrected chi connectivity index (χ2v) is 5.47.